The van der Waals surface area contributed by atoms with Gasteiger partial charge < -0.3 is 19.4 Å². The van der Waals surface area contributed by atoms with Gasteiger partial charge in [0.25, 0.3) is 0 Å². The summed E-state index contributed by atoms with van der Waals surface area (Å²) in [5.74, 6) is -0.936. The first kappa shape index (κ1) is 25.8. The van der Waals surface area contributed by atoms with Gasteiger partial charge in [-0.3, -0.25) is 4.79 Å². The number of methoxy groups -OCH3 is 1. The minimum atomic E-state index is -4.04. The van der Waals surface area contributed by atoms with Crippen molar-refractivity contribution in [1.82, 2.24) is 8.87 Å². The van der Waals surface area contributed by atoms with Crippen LogP contribution in [0.2, 0.25) is 0 Å². The number of nitrogens with zero attached hydrogens (tertiary/aromatic N) is 2. The highest BCUT2D eigenvalue weighted by atomic mass is 32.2. The van der Waals surface area contributed by atoms with Gasteiger partial charge in [0.1, 0.15) is 16.2 Å². The van der Waals surface area contributed by atoms with Gasteiger partial charge in [0.05, 0.1) is 25.3 Å². The second kappa shape index (κ2) is 10.2. The SMILES string of the molecule is CCOC(=O)c1c(S(=O)(=O)N2CCC[C@H](C(=O)Nc3cc(C)ccc3OC)C2)c(C)n(C)c1C. The molecule has 1 N–H and O–H groups in total. The number of amides is 1. The predicted octanol–water partition coefficient (Wildman–Crippen LogP) is 3.18. The minimum absolute atomic E-state index is 0.0257. The number of carbonyl (C=O) groups excluding carboxylic acids is 2. The Hall–Kier alpha value is -2.85. The lowest BCUT2D eigenvalue weighted by Crippen LogP contribution is -2.44. The molecule has 1 aliphatic rings. The number of esters is 1. The fourth-order valence-corrected chi connectivity index (χ4v) is 6.34. The van der Waals surface area contributed by atoms with Crippen molar-refractivity contribution in [3.8, 4) is 5.75 Å². The fourth-order valence-electron chi connectivity index (χ4n) is 4.33. The molecule has 10 heteroatoms. The molecule has 1 aromatic heterocycles. The maximum Gasteiger partial charge on any atom is 0.341 e. The van der Waals surface area contributed by atoms with E-state index in [1.807, 2.05) is 19.1 Å². The highest BCUT2D eigenvalue weighted by molar-refractivity contribution is 7.89. The van der Waals surface area contributed by atoms with Crippen LogP contribution in [0.4, 0.5) is 5.69 Å². The molecule has 0 saturated carbocycles. The molecule has 0 bridgehead atoms. The fraction of sp³-hybridized carbons (Fsp3) is 0.500. The highest BCUT2D eigenvalue weighted by Crippen LogP contribution is 2.33. The standard InChI is InChI=1S/C24H33N3O6S/c1-7-33-24(29)21-16(3)26(5)17(4)22(21)34(30,31)27-12-8-9-18(14-27)23(28)25-19-13-15(2)10-11-20(19)32-6/h10-11,13,18H,7-9,12,14H2,1-6H3,(H,25,28)/t18-/m0/s1. The number of anilines is 1. The monoisotopic (exact) mass is 491 g/mol. The van der Waals surface area contributed by atoms with Crippen molar-refractivity contribution in [2.24, 2.45) is 13.0 Å². The van der Waals surface area contributed by atoms with Crippen LogP contribution in [-0.4, -0.2) is 56.0 Å². The Morgan fingerprint density at radius 3 is 2.53 bits per heavy atom. The van der Waals surface area contributed by atoms with Crippen LogP contribution < -0.4 is 10.1 Å². The molecule has 34 heavy (non-hydrogen) atoms. The Bertz CT molecular complexity index is 1200. The number of piperidine rings is 1. The molecule has 0 aliphatic carbocycles. The van der Waals surface area contributed by atoms with Gasteiger partial charge in [0.15, 0.2) is 0 Å². The Morgan fingerprint density at radius 1 is 1.18 bits per heavy atom. The molecule has 2 aromatic rings. The van der Waals surface area contributed by atoms with Gasteiger partial charge >= 0.3 is 5.97 Å². The van der Waals surface area contributed by atoms with E-state index in [0.29, 0.717) is 35.7 Å². The molecule has 2 heterocycles. The molecular weight excluding hydrogens is 458 g/mol. The molecule has 0 spiro atoms. The van der Waals surface area contributed by atoms with Crippen LogP contribution >= 0.6 is 0 Å². The van der Waals surface area contributed by atoms with Crippen LogP contribution in [0, 0.1) is 26.7 Å². The van der Waals surface area contributed by atoms with E-state index in [2.05, 4.69) is 5.32 Å². The third-order valence-electron chi connectivity index (χ3n) is 6.37. The number of aromatic nitrogens is 1. The number of hydrogen-bond donors (Lipinski definition) is 1. The van der Waals surface area contributed by atoms with Gasteiger partial charge in [0.2, 0.25) is 15.9 Å². The summed E-state index contributed by atoms with van der Waals surface area (Å²) in [5, 5.41) is 2.89. The van der Waals surface area contributed by atoms with Crippen LogP contribution in [0.1, 0.15) is 47.1 Å². The number of ether oxygens (including phenoxy) is 2. The van der Waals surface area contributed by atoms with E-state index in [9.17, 15) is 18.0 Å². The lowest BCUT2D eigenvalue weighted by atomic mass is 9.98. The molecule has 1 amide bonds. The van der Waals surface area contributed by atoms with Crippen molar-refractivity contribution in [3.63, 3.8) is 0 Å². The lowest BCUT2D eigenvalue weighted by molar-refractivity contribution is -0.120. The summed E-state index contributed by atoms with van der Waals surface area (Å²) in [5.41, 5.74) is 2.54. The molecule has 0 radical (unpaired) electrons. The number of sulfonamides is 1. The molecular formula is C24H33N3O6S. The van der Waals surface area contributed by atoms with E-state index < -0.39 is 21.9 Å². The zero-order valence-electron chi connectivity index (χ0n) is 20.6. The molecule has 3 rings (SSSR count). The zero-order valence-corrected chi connectivity index (χ0v) is 21.4. The summed E-state index contributed by atoms with van der Waals surface area (Å²) < 4.78 is 40.9. The van der Waals surface area contributed by atoms with Gasteiger partial charge in [-0.25, -0.2) is 13.2 Å². The number of benzene rings is 1. The normalized spacial score (nSPS) is 16.8. The van der Waals surface area contributed by atoms with Gasteiger partial charge in [0, 0.05) is 31.5 Å². The molecule has 1 aromatic carbocycles. The molecule has 0 unspecified atom stereocenters. The Kier molecular flexibility index (Phi) is 7.72. The van der Waals surface area contributed by atoms with Crippen molar-refractivity contribution in [3.05, 3.63) is 40.7 Å². The summed E-state index contributed by atoms with van der Waals surface area (Å²) in [6.45, 7) is 7.39. The van der Waals surface area contributed by atoms with Crippen molar-refractivity contribution in [2.45, 2.75) is 45.4 Å². The van der Waals surface area contributed by atoms with Gasteiger partial charge in [-0.1, -0.05) is 6.07 Å². The van der Waals surface area contributed by atoms with Crippen LogP contribution in [0.3, 0.4) is 0 Å². The Labute approximate surface area is 201 Å². The number of aryl methyl sites for hydroxylation is 1. The van der Waals surface area contributed by atoms with Gasteiger partial charge in [-0.2, -0.15) is 4.31 Å². The van der Waals surface area contributed by atoms with Crippen LogP contribution in [-0.2, 0) is 26.6 Å². The molecule has 1 saturated heterocycles. The third-order valence-corrected chi connectivity index (χ3v) is 8.40. The number of carbonyl (C=O) groups is 2. The Balaban J connectivity index is 1.89. The smallest absolute Gasteiger partial charge is 0.341 e. The van der Waals surface area contributed by atoms with E-state index >= 15 is 0 Å². The summed E-state index contributed by atoms with van der Waals surface area (Å²) in [6, 6.07) is 5.48. The molecule has 1 atom stereocenters. The largest absolute Gasteiger partial charge is 0.495 e. The van der Waals surface area contributed by atoms with Crippen LogP contribution in [0.5, 0.6) is 5.75 Å². The van der Waals surface area contributed by atoms with Gasteiger partial charge in [-0.15, -0.1) is 0 Å². The van der Waals surface area contributed by atoms with E-state index in [1.54, 1.807) is 38.5 Å². The number of hydrogen-bond acceptors (Lipinski definition) is 6. The number of rotatable bonds is 7. The second-order valence-electron chi connectivity index (χ2n) is 8.55. The summed E-state index contributed by atoms with van der Waals surface area (Å²) in [7, 11) is -0.796. The van der Waals surface area contributed by atoms with Crippen molar-refractivity contribution < 1.29 is 27.5 Å². The molecule has 1 aliphatic heterocycles. The first-order chi connectivity index (χ1) is 16.0. The van der Waals surface area contributed by atoms with E-state index in [0.717, 1.165) is 5.56 Å². The highest BCUT2D eigenvalue weighted by Gasteiger charge is 2.39. The summed E-state index contributed by atoms with van der Waals surface area (Å²) in [4.78, 5) is 25.7. The maximum atomic E-state index is 13.7. The topological polar surface area (TPSA) is 107 Å². The van der Waals surface area contributed by atoms with Crippen LogP contribution in [0.15, 0.2) is 23.1 Å². The van der Waals surface area contributed by atoms with Crippen molar-refractivity contribution >= 4 is 27.6 Å². The quantitative estimate of drug-likeness (QED) is 0.596. The van der Waals surface area contributed by atoms with E-state index in [-0.39, 0.29) is 36.1 Å². The third kappa shape index (κ3) is 4.83. The molecule has 186 valence electrons. The van der Waals surface area contributed by atoms with Crippen molar-refractivity contribution in [2.75, 3.05) is 32.1 Å². The average Bonchev–Trinajstić information content (AvgIpc) is 3.04. The first-order valence-electron chi connectivity index (χ1n) is 11.3. The second-order valence-corrected chi connectivity index (χ2v) is 10.4. The predicted molar refractivity (Wildman–Crippen MR) is 129 cm³/mol. The first-order valence-corrected chi connectivity index (χ1v) is 12.8. The van der Waals surface area contributed by atoms with Gasteiger partial charge in [-0.05, 0) is 58.2 Å². The van der Waals surface area contributed by atoms with Crippen LogP contribution in [0.25, 0.3) is 0 Å². The summed E-state index contributed by atoms with van der Waals surface area (Å²) in [6.07, 6.45) is 1.09. The number of nitrogens with one attached hydrogen (secondary N) is 1. The van der Waals surface area contributed by atoms with E-state index in [1.165, 1.54) is 11.4 Å². The lowest BCUT2D eigenvalue weighted by Gasteiger charge is -2.31. The molecule has 1 fully saturated rings. The molecule has 9 nitrogen and oxygen atoms in total. The average molecular weight is 492 g/mol. The van der Waals surface area contributed by atoms with E-state index in [4.69, 9.17) is 9.47 Å². The summed E-state index contributed by atoms with van der Waals surface area (Å²) >= 11 is 0. The minimum Gasteiger partial charge on any atom is -0.495 e. The zero-order chi connectivity index (χ0) is 25.2. The maximum absolute atomic E-state index is 13.7. The van der Waals surface area contributed by atoms with Crippen molar-refractivity contribution in [1.29, 1.82) is 0 Å². The Morgan fingerprint density at radius 2 is 1.88 bits per heavy atom.